The number of amides is 1. The van der Waals surface area contributed by atoms with Crippen LogP contribution in [-0.2, 0) is 0 Å². The highest BCUT2D eigenvalue weighted by atomic mass is 32.1. The second-order valence-electron chi connectivity index (χ2n) is 6.51. The first-order valence-corrected chi connectivity index (χ1v) is 9.87. The van der Waals surface area contributed by atoms with Crippen LogP contribution in [0.1, 0.15) is 27.8 Å². The van der Waals surface area contributed by atoms with Crippen LogP contribution in [-0.4, -0.2) is 57.7 Å². The molecule has 1 aliphatic rings. The van der Waals surface area contributed by atoms with Gasteiger partial charge in [-0.05, 0) is 31.2 Å². The molecule has 0 radical (unpaired) electrons. The molecule has 142 valence electrons. The Labute approximate surface area is 166 Å². The Balaban J connectivity index is 1.39. The molecule has 1 saturated heterocycles. The summed E-state index contributed by atoms with van der Waals surface area (Å²) in [5, 5.41) is 2.47. The zero-order valence-electron chi connectivity index (χ0n) is 15.4. The Kier molecular flexibility index (Phi) is 5.12. The van der Waals surface area contributed by atoms with Gasteiger partial charge >= 0.3 is 0 Å². The molecule has 28 heavy (non-hydrogen) atoms. The fourth-order valence-corrected chi connectivity index (χ4v) is 3.89. The van der Waals surface area contributed by atoms with Crippen LogP contribution in [0, 0.1) is 0 Å². The standard InChI is InChI=1S/C20H19N5O2S/c1-14(26)15-2-4-16(5-3-15)24-8-10-25(11-9-24)20(27)18-13-28-19(23-18)17-12-21-6-7-22-17/h2-7,12-13H,8-11H2,1H3. The van der Waals surface area contributed by atoms with Crippen LogP contribution in [0.2, 0.25) is 0 Å². The van der Waals surface area contributed by atoms with Crippen LogP contribution < -0.4 is 4.90 Å². The number of carbonyl (C=O) groups excluding carboxylic acids is 2. The van der Waals surface area contributed by atoms with E-state index in [4.69, 9.17) is 0 Å². The first kappa shape index (κ1) is 18.2. The number of piperazine rings is 1. The summed E-state index contributed by atoms with van der Waals surface area (Å²) in [6.45, 7) is 4.31. The van der Waals surface area contributed by atoms with Crippen LogP contribution >= 0.6 is 11.3 Å². The van der Waals surface area contributed by atoms with Crippen LogP contribution in [0.25, 0.3) is 10.7 Å². The number of hydrogen-bond acceptors (Lipinski definition) is 7. The zero-order chi connectivity index (χ0) is 19.5. The molecule has 7 nitrogen and oxygen atoms in total. The molecule has 3 heterocycles. The monoisotopic (exact) mass is 393 g/mol. The van der Waals surface area contributed by atoms with Crippen molar-refractivity contribution in [3.05, 3.63) is 59.5 Å². The molecular formula is C20H19N5O2S. The van der Waals surface area contributed by atoms with Gasteiger partial charge in [-0.1, -0.05) is 0 Å². The number of thiazole rings is 1. The minimum Gasteiger partial charge on any atom is -0.368 e. The van der Waals surface area contributed by atoms with Gasteiger partial charge in [0.1, 0.15) is 16.4 Å². The van der Waals surface area contributed by atoms with Crippen molar-refractivity contribution in [2.24, 2.45) is 0 Å². The Hall–Kier alpha value is -3.13. The van der Waals surface area contributed by atoms with Crippen LogP contribution in [0.15, 0.2) is 48.2 Å². The quantitative estimate of drug-likeness (QED) is 0.634. The summed E-state index contributed by atoms with van der Waals surface area (Å²) in [6.07, 6.45) is 4.86. The van der Waals surface area contributed by atoms with Gasteiger partial charge in [0.25, 0.3) is 5.91 Å². The van der Waals surface area contributed by atoms with Crippen molar-refractivity contribution in [3.63, 3.8) is 0 Å². The Morgan fingerprint density at radius 2 is 1.79 bits per heavy atom. The van der Waals surface area contributed by atoms with Crippen molar-refractivity contribution >= 4 is 28.7 Å². The molecular weight excluding hydrogens is 374 g/mol. The summed E-state index contributed by atoms with van der Waals surface area (Å²) >= 11 is 1.40. The molecule has 1 fully saturated rings. The topological polar surface area (TPSA) is 79.3 Å². The van der Waals surface area contributed by atoms with Crippen molar-refractivity contribution in [3.8, 4) is 10.7 Å². The van der Waals surface area contributed by atoms with Gasteiger partial charge in [0.05, 0.1) is 6.20 Å². The Morgan fingerprint density at radius 1 is 1.04 bits per heavy atom. The van der Waals surface area contributed by atoms with Gasteiger partial charge in [-0.2, -0.15) is 0 Å². The van der Waals surface area contributed by atoms with Gasteiger partial charge in [0, 0.05) is 55.2 Å². The average molecular weight is 393 g/mol. The summed E-state index contributed by atoms with van der Waals surface area (Å²) < 4.78 is 0. The van der Waals surface area contributed by atoms with Crippen molar-refractivity contribution < 1.29 is 9.59 Å². The molecule has 0 saturated carbocycles. The number of benzene rings is 1. The minimum absolute atomic E-state index is 0.0574. The number of nitrogens with zero attached hydrogens (tertiary/aromatic N) is 5. The molecule has 0 atom stereocenters. The number of ketones is 1. The summed E-state index contributed by atoms with van der Waals surface area (Å²) in [5.41, 5.74) is 2.89. The van der Waals surface area contributed by atoms with Gasteiger partial charge in [0.15, 0.2) is 5.78 Å². The first-order valence-electron chi connectivity index (χ1n) is 8.99. The van der Waals surface area contributed by atoms with E-state index >= 15 is 0 Å². The molecule has 0 spiro atoms. The molecule has 2 aromatic heterocycles. The minimum atomic E-state index is -0.0574. The summed E-state index contributed by atoms with van der Waals surface area (Å²) in [4.78, 5) is 41.0. The number of anilines is 1. The lowest BCUT2D eigenvalue weighted by atomic mass is 10.1. The van der Waals surface area contributed by atoms with E-state index in [1.54, 1.807) is 30.9 Å². The van der Waals surface area contributed by atoms with E-state index < -0.39 is 0 Å². The maximum absolute atomic E-state index is 12.8. The number of Topliss-reactive ketones (excluding diaryl/α,β-unsaturated/α-hetero) is 1. The highest BCUT2D eigenvalue weighted by Crippen LogP contribution is 2.23. The summed E-state index contributed by atoms with van der Waals surface area (Å²) in [7, 11) is 0. The van der Waals surface area contributed by atoms with Gasteiger partial charge < -0.3 is 9.80 Å². The lowest BCUT2D eigenvalue weighted by Crippen LogP contribution is -2.48. The summed E-state index contributed by atoms with van der Waals surface area (Å²) in [6, 6.07) is 7.61. The normalized spacial score (nSPS) is 14.2. The van der Waals surface area contributed by atoms with Crippen molar-refractivity contribution in [1.29, 1.82) is 0 Å². The van der Waals surface area contributed by atoms with E-state index in [0.29, 0.717) is 35.0 Å². The number of aromatic nitrogens is 3. The molecule has 1 amide bonds. The third-order valence-corrected chi connectivity index (χ3v) is 5.58. The third-order valence-electron chi connectivity index (χ3n) is 4.71. The Morgan fingerprint density at radius 3 is 2.43 bits per heavy atom. The number of hydrogen-bond donors (Lipinski definition) is 0. The molecule has 0 unspecified atom stereocenters. The van der Waals surface area contributed by atoms with E-state index in [0.717, 1.165) is 18.8 Å². The SMILES string of the molecule is CC(=O)c1ccc(N2CCN(C(=O)c3csc(-c4cnccn4)n3)CC2)cc1. The van der Waals surface area contributed by atoms with Gasteiger partial charge in [-0.25, -0.2) is 4.98 Å². The van der Waals surface area contributed by atoms with E-state index in [9.17, 15) is 9.59 Å². The summed E-state index contributed by atoms with van der Waals surface area (Å²) in [5.74, 6) is 0.00375. The maximum atomic E-state index is 12.8. The molecule has 0 N–H and O–H groups in total. The van der Waals surface area contributed by atoms with Crippen molar-refractivity contribution in [2.75, 3.05) is 31.1 Å². The van der Waals surface area contributed by atoms with Gasteiger partial charge in [-0.15, -0.1) is 11.3 Å². The lowest BCUT2D eigenvalue weighted by molar-refractivity contribution is 0.0741. The Bertz CT molecular complexity index is 979. The maximum Gasteiger partial charge on any atom is 0.273 e. The van der Waals surface area contributed by atoms with Crippen LogP contribution in [0.5, 0.6) is 0 Å². The highest BCUT2D eigenvalue weighted by Gasteiger charge is 2.24. The van der Waals surface area contributed by atoms with E-state index in [1.165, 1.54) is 11.3 Å². The smallest absolute Gasteiger partial charge is 0.273 e. The second-order valence-corrected chi connectivity index (χ2v) is 7.37. The van der Waals surface area contributed by atoms with Crippen molar-refractivity contribution in [2.45, 2.75) is 6.92 Å². The predicted octanol–water partition coefficient (Wildman–Crippen LogP) is 2.77. The fourth-order valence-electron chi connectivity index (χ4n) is 3.14. The van der Waals surface area contributed by atoms with Crippen LogP contribution in [0.3, 0.4) is 0 Å². The number of carbonyl (C=O) groups is 2. The van der Waals surface area contributed by atoms with Crippen molar-refractivity contribution in [1.82, 2.24) is 19.9 Å². The molecule has 1 aliphatic heterocycles. The average Bonchev–Trinajstić information content (AvgIpc) is 3.24. The van der Waals surface area contributed by atoms with Gasteiger partial charge in [-0.3, -0.25) is 19.6 Å². The molecule has 0 bridgehead atoms. The predicted molar refractivity (Wildman–Crippen MR) is 108 cm³/mol. The number of rotatable bonds is 4. The van der Waals surface area contributed by atoms with E-state index in [-0.39, 0.29) is 11.7 Å². The van der Waals surface area contributed by atoms with Crippen LogP contribution in [0.4, 0.5) is 5.69 Å². The molecule has 1 aromatic carbocycles. The first-order chi connectivity index (χ1) is 13.6. The van der Waals surface area contributed by atoms with E-state index in [2.05, 4.69) is 19.9 Å². The second kappa shape index (κ2) is 7.85. The molecule has 4 rings (SSSR count). The molecule has 3 aromatic rings. The van der Waals surface area contributed by atoms with Gasteiger partial charge in [0.2, 0.25) is 0 Å². The molecule has 0 aliphatic carbocycles. The highest BCUT2D eigenvalue weighted by molar-refractivity contribution is 7.13. The fraction of sp³-hybridized carbons (Fsp3) is 0.250. The third kappa shape index (κ3) is 3.77. The largest absolute Gasteiger partial charge is 0.368 e. The van der Waals surface area contributed by atoms with E-state index in [1.807, 2.05) is 29.2 Å². The molecule has 8 heteroatoms. The zero-order valence-corrected chi connectivity index (χ0v) is 16.2. The lowest BCUT2D eigenvalue weighted by Gasteiger charge is -2.35.